The van der Waals surface area contributed by atoms with Crippen LogP contribution in [0.3, 0.4) is 0 Å². The van der Waals surface area contributed by atoms with Gasteiger partial charge in [-0.2, -0.15) is 5.10 Å². The molecule has 0 aliphatic carbocycles. The van der Waals surface area contributed by atoms with Crippen LogP contribution in [-0.2, 0) is 18.3 Å². The molecule has 1 aliphatic rings. The molecule has 0 radical (unpaired) electrons. The number of carbonyl (C=O) groups excluding carboxylic acids is 1. The average molecular weight is 308 g/mol. The second-order valence-corrected chi connectivity index (χ2v) is 5.71. The summed E-state index contributed by atoms with van der Waals surface area (Å²) in [6.07, 6.45) is 1.73. The maximum absolute atomic E-state index is 12.4. The van der Waals surface area contributed by atoms with Crippen LogP contribution in [-0.4, -0.2) is 26.8 Å². The van der Waals surface area contributed by atoms with E-state index in [-0.39, 0.29) is 5.91 Å². The molecular formula is C17H16N4O2. The molecule has 1 atom stereocenters. The Hall–Kier alpha value is -2.89. The summed E-state index contributed by atoms with van der Waals surface area (Å²) in [5.74, 6) is 0.619. The smallest absolute Gasteiger partial charge is 0.265 e. The van der Waals surface area contributed by atoms with Crippen LogP contribution < -0.4 is 10.1 Å². The van der Waals surface area contributed by atoms with E-state index in [2.05, 4.69) is 15.4 Å². The molecule has 1 N–H and O–H groups in total. The van der Waals surface area contributed by atoms with E-state index in [4.69, 9.17) is 4.74 Å². The molecule has 4 rings (SSSR count). The lowest BCUT2D eigenvalue weighted by Crippen LogP contribution is -2.31. The third kappa shape index (κ3) is 2.32. The number of carbonyl (C=O) groups is 1. The molecule has 1 aromatic carbocycles. The van der Waals surface area contributed by atoms with Crippen LogP contribution in [0.2, 0.25) is 0 Å². The standard InChI is InChI=1S/C17H16N4O2/c1-10-13-8-12(9-18-16(13)21(2)20-10)19-17(22)15-7-11-5-3-4-6-14(11)23-15/h3-6,8-9,15H,7H2,1-2H3,(H,19,22)/t15-/m0/s1. The van der Waals surface area contributed by atoms with Crippen molar-refractivity contribution >= 4 is 22.6 Å². The van der Waals surface area contributed by atoms with Gasteiger partial charge in [-0.15, -0.1) is 0 Å². The number of hydrogen-bond donors (Lipinski definition) is 1. The zero-order valence-corrected chi connectivity index (χ0v) is 12.9. The van der Waals surface area contributed by atoms with Crippen LogP contribution in [0.25, 0.3) is 11.0 Å². The Bertz CT molecular complexity index is 891. The molecule has 0 bridgehead atoms. The van der Waals surface area contributed by atoms with E-state index in [0.29, 0.717) is 12.1 Å². The van der Waals surface area contributed by atoms with Gasteiger partial charge in [0.15, 0.2) is 11.8 Å². The van der Waals surface area contributed by atoms with Crippen LogP contribution in [0.15, 0.2) is 36.5 Å². The second-order valence-electron chi connectivity index (χ2n) is 5.71. The number of para-hydroxylation sites is 1. The fraction of sp³-hybridized carbons (Fsp3) is 0.235. The van der Waals surface area contributed by atoms with Crippen LogP contribution in [0.4, 0.5) is 5.69 Å². The van der Waals surface area contributed by atoms with Crippen molar-refractivity contribution in [3.8, 4) is 5.75 Å². The largest absolute Gasteiger partial charge is 0.480 e. The van der Waals surface area contributed by atoms with Gasteiger partial charge in [0.05, 0.1) is 17.6 Å². The maximum atomic E-state index is 12.4. The highest BCUT2D eigenvalue weighted by atomic mass is 16.5. The van der Waals surface area contributed by atoms with Gasteiger partial charge in [0.2, 0.25) is 0 Å². The molecule has 0 spiro atoms. The molecule has 1 aliphatic heterocycles. The number of nitrogens with one attached hydrogen (secondary N) is 1. The number of rotatable bonds is 2. The zero-order valence-electron chi connectivity index (χ0n) is 12.9. The minimum absolute atomic E-state index is 0.163. The number of hydrogen-bond acceptors (Lipinski definition) is 4. The van der Waals surface area contributed by atoms with Gasteiger partial charge in [-0.3, -0.25) is 9.48 Å². The van der Waals surface area contributed by atoms with Crippen molar-refractivity contribution in [2.24, 2.45) is 7.05 Å². The number of aryl methyl sites for hydroxylation is 2. The highest BCUT2D eigenvalue weighted by Crippen LogP contribution is 2.29. The lowest BCUT2D eigenvalue weighted by atomic mass is 10.1. The van der Waals surface area contributed by atoms with E-state index in [0.717, 1.165) is 28.0 Å². The third-order valence-corrected chi connectivity index (χ3v) is 4.07. The fourth-order valence-electron chi connectivity index (χ4n) is 2.93. The van der Waals surface area contributed by atoms with Gasteiger partial charge in [-0.05, 0) is 24.6 Å². The van der Waals surface area contributed by atoms with Gasteiger partial charge in [-0.25, -0.2) is 4.98 Å². The first-order valence-corrected chi connectivity index (χ1v) is 7.46. The Labute approximate surface area is 133 Å². The molecule has 0 saturated carbocycles. The molecule has 6 heteroatoms. The third-order valence-electron chi connectivity index (χ3n) is 4.07. The van der Waals surface area contributed by atoms with Crippen molar-refractivity contribution in [1.29, 1.82) is 0 Å². The van der Waals surface area contributed by atoms with Gasteiger partial charge >= 0.3 is 0 Å². The average Bonchev–Trinajstić information content (AvgIpc) is 3.09. The fourth-order valence-corrected chi connectivity index (χ4v) is 2.93. The minimum atomic E-state index is -0.502. The van der Waals surface area contributed by atoms with E-state index in [9.17, 15) is 4.79 Å². The van der Waals surface area contributed by atoms with Crippen LogP contribution >= 0.6 is 0 Å². The van der Waals surface area contributed by atoms with Crippen molar-refractivity contribution in [2.75, 3.05) is 5.32 Å². The summed E-state index contributed by atoms with van der Waals surface area (Å²) in [7, 11) is 1.85. The molecule has 6 nitrogen and oxygen atoms in total. The number of anilines is 1. The second kappa shape index (κ2) is 5.08. The Kier molecular flexibility index (Phi) is 3.04. The molecule has 0 fully saturated rings. The van der Waals surface area contributed by atoms with Gasteiger partial charge in [0, 0.05) is 18.9 Å². The quantitative estimate of drug-likeness (QED) is 0.788. The summed E-state index contributed by atoms with van der Waals surface area (Å²) in [5.41, 5.74) is 3.39. The van der Waals surface area contributed by atoms with E-state index in [1.54, 1.807) is 10.9 Å². The Morgan fingerprint density at radius 1 is 1.39 bits per heavy atom. The highest BCUT2D eigenvalue weighted by molar-refractivity contribution is 5.96. The SMILES string of the molecule is Cc1nn(C)c2ncc(NC(=O)[C@@H]3Cc4ccccc4O3)cc12. The predicted octanol–water partition coefficient (Wildman–Crippen LogP) is 2.22. The zero-order chi connectivity index (χ0) is 16.0. The molecule has 0 unspecified atom stereocenters. The Morgan fingerprint density at radius 2 is 2.22 bits per heavy atom. The Morgan fingerprint density at radius 3 is 3.04 bits per heavy atom. The number of fused-ring (bicyclic) bond motifs is 2. The monoisotopic (exact) mass is 308 g/mol. The van der Waals surface area contributed by atoms with E-state index >= 15 is 0 Å². The molecule has 2 aromatic heterocycles. The normalized spacial score (nSPS) is 16.2. The molecule has 1 amide bonds. The minimum Gasteiger partial charge on any atom is -0.480 e. The van der Waals surface area contributed by atoms with Crippen LogP contribution in [0, 0.1) is 6.92 Å². The van der Waals surface area contributed by atoms with Crippen LogP contribution in [0.5, 0.6) is 5.75 Å². The highest BCUT2D eigenvalue weighted by Gasteiger charge is 2.28. The van der Waals surface area contributed by atoms with Crippen molar-refractivity contribution in [1.82, 2.24) is 14.8 Å². The van der Waals surface area contributed by atoms with E-state index in [1.165, 1.54) is 0 Å². The van der Waals surface area contributed by atoms with Gasteiger partial charge in [0.1, 0.15) is 5.75 Å². The van der Waals surface area contributed by atoms with Gasteiger partial charge in [-0.1, -0.05) is 18.2 Å². The topological polar surface area (TPSA) is 69.0 Å². The summed E-state index contributed by atoms with van der Waals surface area (Å²) in [4.78, 5) is 16.8. The molecule has 23 heavy (non-hydrogen) atoms. The molecule has 3 aromatic rings. The predicted molar refractivity (Wildman–Crippen MR) is 86.4 cm³/mol. The lowest BCUT2D eigenvalue weighted by Gasteiger charge is -2.11. The number of aromatic nitrogens is 3. The van der Waals surface area contributed by atoms with Crippen molar-refractivity contribution < 1.29 is 9.53 Å². The molecule has 3 heterocycles. The summed E-state index contributed by atoms with van der Waals surface area (Å²) in [6, 6.07) is 9.61. The number of ether oxygens (including phenoxy) is 1. The van der Waals surface area contributed by atoms with Crippen molar-refractivity contribution in [3.63, 3.8) is 0 Å². The molecular weight excluding hydrogens is 292 g/mol. The summed E-state index contributed by atoms with van der Waals surface area (Å²) < 4.78 is 7.44. The number of nitrogens with zero attached hydrogens (tertiary/aromatic N) is 3. The summed E-state index contributed by atoms with van der Waals surface area (Å²) >= 11 is 0. The first-order valence-electron chi connectivity index (χ1n) is 7.46. The number of benzene rings is 1. The Balaban J connectivity index is 1.54. The maximum Gasteiger partial charge on any atom is 0.265 e. The van der Waals surface area contributed by atoms with Crippen molar-refractivity contribution in [2.45, 2.75) is 19.4 Å². The first-order chi connectivity index (χ1) is 11.1. The molecule has 0 saturated heterocycles. The summed E-state index contributed by atoms with van der Waals surface area (Å²) in [6.45, 7) is 1.92. The van der Waals surface area contributed by atoms with Gasteiger partial charge < -0.3 is 10.1 Å². The van der Waals surface area contributed by atoms with E-state index in [1.807, 2.05) is 44.3 Å². The van der Waals surface area contributed by atoms with Crippen LogP contribution in [0.1, 0.15) is 11.3 Å². The molecule has 116 valence electrons. The van der Waals surface area contributed by atoms with Gasteiger partial charge in [0.25, 0.3) is 5.91 Å². The summed E-state index contributed by atoms with van der Waals surface area (Å²) in [5, 5.41) is 8.15. The number of pyridine rings is 1. The van der Waals surface area contributed by atoms with Crippen molar-refractivity contribution in [3.05, 3.63) is 47.8 Å². The first kappa shape index (κ1) is 13.8. The number of amides is 1. The lowest BCUT2D eigenvalue weighted by molar-refractivity contribution is -0.122. The van der Waals surface area contributed by atoms with E-state index < -0.39 is 6.10 Å².